The van der Waals surface area contributed by atoms with E-state index in [-0.39, 0.29) is 6.04 Å². The van der Waals surface area contributed by atoms with E-state index < -0.39 is 0 Å². The number of carbonyl (C=O) groups is 1. The summed E-state index contributed by atoms with van der Waals surface area (Å²) in [7, 11) is 0. The van der Waals surface area contributed by atoms with Crippen LogP contribution >= 0.6 is 0 Å². The van der Waals surface area contributed by atoms with Crippen LogP contribution in [0.25, 0.3) is 0 Å². The first-order valence-corrected chi connectivity index (χ1v) is 7.95. The third kappa shape index (κ3) is 3.49. The van der Waals surface area contributed by atoms with Gasteiger partial charge in [0, 0.05) is 6.42 Å². The number of aryl methyl sites for hydroxylation is 2. The van der Waals surface area contributed by atoms with Crippen molar-refractivity contribution in [3.63, 3.8) is 0 Å². The van der Waals surface area contributed by atoms with E-state index in [9.17, 15) is 4.79 Å². The largest absolute Gasteiger partial charge is 0.298 e. The van der Waals surface area contributed by atoms with Gasteiger partial charge < -0.3 is 0 Å². The number of likely N-dealkylation sites (tertiary alicyclic amines) is 1. The highest BCUT2D eigenvalue weighted by Crippen LogP contribution is 2.21. The Labute approximate surface area is 123 Å². The Morgan fingerprint density at radius 3 is 2.60 bits per heavy atom. The van der Waals surface area contributed by atoms with E-state index in [0.29, 0.717) is 12.2 Å². The van der Waals surface area contributed by atoms with E-state index in [1.54, 1.807) is 0 Å². The average Bonchev–Trinajstić information content (AvgIpc) is 2.44. The molecule has 0 bridgehead atoms. The maximum atomic E-state index is 12.7. The summed E-state index contributed by atoms with van der Waals surface area (Å²) in [5, 5.41) is 0. The van der Waals surface area contributed by atoms with Gasteiger partial charge in [-0.05, 0) is 62.9 Å². The lowest BCUT2D eigenvalue weighted by atomic mass is 9.91. The third-order valence-corrected chi connectivity index (χ3v) is 4.49. The van der Waals surface area contributed by atoms with Crippen LogP contribution in [0.3, 0.4) is 0 Å². The molecular weight excluding hydrogens is 246 g/mol. The molecule has 110 valence electrons. The molecule has 0 spiro atoms. The SMILES string of the molecule is CCCN1CCCCC1C(=O)Cc1c(C)cccc1C. The van der Waals surface area contributed by atoms with Gasteiger partial charge in [-0.1, -0.05) is 31.5 Å². The lowest BCUT2D eigenvalue weighted by Gasteiger charge is -2.34. The Kier molecular flexibility index (Phi) is 5.36. The van der Waals surface area contributed by atoms with Gasteiger partial charge in [-0.3, -0.25) is 9.69 Å². The molecule has 1 aliphatic heterocycles. The van der Waals surface area contributed by atoms with E-state index in [1.165, 1.54) is 29.5 Å². The summed E-state index contributed by atoms with van der Waals surface area (Å²) in [6.07, 6.45) is 5.22. The molecule has 1 saturated heterocycles. The van der Waals surface area contributed by atoms with Gasteiger partial charge >= 0.3 is 0 Å². The van der Waals surface area contributed by atoms with Gasteiger partial charge in [-0.25, -0.2) is 0 Å². The molecule has 2 heteroatoms. The first-order chi connectivity index (χ1) is 9.63. The Bertz CT molecular complexity index is 444. The summed E-state index contributed by atoms with van der Waals surface area (Å²) in [5.74, 6) is 0.413. The number of carbonyl (C=O) groups excluding carboxylic acids is 1. The van der Waals surface area contributed by atoms with Gasteiger partial charge in [-0.15, -0.1) is 0 Å². The van der Waals surface area contributed by atoms with Gasteiger partial charge in [-0.2, -0.15) is 0 Å². The molecule has 0 N–H and O–H groups in total. The summed E-state index contributed by atoms with van der Waals surface area (Å²) >= 11 is 0. The second kappa shape index (κ2) is 7.03. The summed E-state index contributed by atoms with van der Waals surface area (Å²) in [5.41, 5.74) is 3.73. The van der Waals surface area contributed by atoms with Crippen molar-refractivity contribution in [3.8, 4) is 0 Å². The van der Waals surface area contributed by atoms with Gasteiger partial charge in [0.05, 0.1) is 6.04 Å². The predicted molar refractivity (Wildman–Crippen MR) is 84.1 cm³/mol. The molecule has 1 fully saturated rings. The topological polar surface area (TPSA) is 20.3 Å². The monoisotopic (exact) mass is 273 g/mol. The molecule has 20 heavy (non-hydrogen) atoms. The van der Waals surface area contributed by atoms with Crippen molar-refractivity contribution in [3.05, 3.63) is 34.9 Å². The Balaban J connectivity index is 2.10. The highest BCUT2D eigenvalue weighted by Gasteiger charge is 2.28. The maximum Gasteiger partial charge on any atom is 0.154 e. The van der Waals surface area contributed by atoms with Gasteiger partial charge in [0.25, 0.3) is 0 Å². The fourth-order valence-corrected chi connectivity index (χ4v) is 3.33. The van der Waals surface area contributed by atoms with Gasteiger partial charge in [0.1, 0.15) is 0 Å². The molecule has 1 heterocycles. The maximum absolute atomic E-state index is 12.7. The van der Waals surface area contributed by atoms with Crippen molar-refractivity contribution in [2.24, 2.45) is 0 Å². The molecule has 1 aromatic rings. The van der Waals surface area contributed by atoms with Crippen LogP contribution in [0.15, 0.2) is 18.2 Å². The number of benzene rings is 1. The zero-order chi connectivity index (χ0) is 14.5. The zero-order valence-corrected chi connectivity index (χ0v) is 13.1. The fourth-order valence-electron chi connectivity index (χ4n) is 3.33. The fraction of sp³-hybridized carbons (Fsp3) is 0.611. The average molecular weight is 273 g/mol. The van der Waals surface area contributed by atoms with Gasteiger partial charge in [0.15, 0.2) is 5.78 Å². The smallest absolute Gasteiger partial charge is 0.154 e. The highest BCUT2D eigenvalue weighted by atomic mass is 16.1. The molecule has 0 saturated carbocycles. The van der Waals surface area contributed by atoms with Crippen LogP contribution in [-0.2, 0) is 11.2 Å². The first kappa shape index (κ1) is 15.2. The predicted octanol–water partition coefficient (Wildman–Crippen LogP) is 3.68. The van der Waals surface area contributed by atoms with Crippen molar-refractivity contribution < 1.29 is 4.79 Å². The third-order valence-electron chi connectivity index (χ3n) is 4.49. The molecule has 2 rings (SSSR count). The van der Waals surface area contributed by atoms with Gasteiger partial charge in [0.2, 0.25) is 0 Å². The lowest BCUT2D eigenvalue weighted by molar-refractivity contribution is -0.124. The number of Topliss-reactive ketones (excluding diaryl/α,β-unsaturated/α-hetero) is 1. The second-order valence-electron chi connectivity index (χ2n) is 6.06. The minimum absolute atomic E-state index is 0.155. The molecule has 0 aliphatic carbocycles. The quantitative estimate of drug-likeness (QED) is 0.815. The van der Waals surface area contributed by atoms with Crippen molar-refractivity contribution >= 4 is 5.78 Å². The number of hydrogen-bond acceptors (Lipinski definition) is 2. The first-order valence-electron chi connectivity index (χ1n) is 7.95. The summed E-state index contributed by atoms with van der Waals surface area (Å²) in [6.45, 7) is 8.57. The van der Waals surface area contributed by atoms with E-state index in [0.717, 1.165) is 25.9 Å². The van der Waals surface area contributed by atoms with Crippen LogP contribution in [0.1, 0.15) is 49.3 Å². The number of piperidine rings is 1. The molecule has 1 aromatic carbocycles. The van der Waals surface area contributed by atoms with E-state index in [2.05, 4.69) is 43.9 Å². The van der Waals surface area contributed by atoms with Crippen molar-refractivity contribution in [2.75, 3.05) is 13.1 Å². The minimum atomic E-state index is 0.155. The Hall–Kier alpha value is -1.15. The number of ketones is 1. The Morgan fingerprint density at radius 2 is 1.95 bits per heavy atom. The molecule has 0 radical (unpaired) electrons. The Morgan fingerprint density at radius 1 is 1.25 bits per heavy atom. The number of nitrogens with zero attached hydrogens (tertiary/aromatic N) is 1. The van der Waals surface area contributed by atoms with Crippen molar-refractivity contribution in [1.82, 2.24) is 4.90 Å². The number of hydrogen-bond donors (Lipinski definition) is 0. The molecule has 0 aromatic heterocycles. The van der Waals surface area contributed by atoms with Crippen LogP contribution < -0.4 is 0 Å². The van der Waals surface area contributed by atoms with E-state index >= 15 is 0 Å². The lowest BCUT2D eigenvalue weighted by Crippen LogP contribution is -2.45. The second-order valence-corrected chi connectivity index (χ2v) is 6.06. The van der Waals surface area contributed by atoms with Crippen LogP contribution in [0.4, 0.5) is 0 Å². The van der Waals surface area contributed by atoms with Crippen molar-refractivity contribution in [2.45, 2.75) is 58.9 Å². The molecular formula is C18H27NO. The number of rotatable bonds is 5. The van der Waals surface area contributed by atoms with Crippen LogP contribution in [0.5, 0.6) is 0 Å². The molecule has 1 atom stereocenters. The van der Waals surface area contributed by atoms with Crippen LogP contribution in [-0.4, -0.2) is 29.8 Å². The van der Waals surface area contributed by atoms with E-state index in [4.69, 9.17) is 0 Å². The van der Waals surface area contributed by atoms with E-state index in [1.807, 2.05) is 0 Å². The molecule has 2 nitrogen and oxygen atoms in total. The molecule has 1 aliphatic rings. The zero-order valence-electron chi connectivity index (χ0n) is 13.1. The van der Waals surface area contributed by atoms with Crippen molar-refractivity contribution in [1.29, 1.82) is 0 Å². The normalized spacial score (nSPS) is 20.1. The standard InChI is InChI=1S/C18H27NO/c1-4-11-19-12-6-5-10-17(19)18(20)13-16-14(2)8-7-9-15(16)3/h7-9,17H,4-6,10-13H2,1-3H3. The summed E-state index contributed by atoms with van der Waals surface area (Å²) in [4.78, 5) is 15.1. The summed E-state index contributed by atoms with van der Waals surface area (Å²) < 4.78 is 0. The summed E-state index contributed by atoms with van der Waals surface area (Å²) in [6, 6.07) is 6.45. The highest BCUT2D eigenvalue weighted by molar-refractivity contribution is 5.86. The molecule has 0 amide bonds. The minimum Gasteiger partial charge on any atom is -0.298 e. The van der Waals surface area contributed by atoms with Crippen LogP contribution in [0, 0.1) is 13.8 Å². The van der Waals surface area contributed by atoms with Crippen LogP contribution in [0.2, 0.25) is 0 Å². The molecule has 1 unspecified atom stereocenters.